The maximum atomic E-state index is 9.97. The third-order valence-electron chi connectivity index (χ3n) is 5.61. The molecule has 1 aromatic rings. The van der Waals surface area contributed by atoms with Crippen LogP contribution in [0, 0.1) is 5.92 Å². The van der Waals surface area contributed by atoms with Crippen LogP contribution < -0.4 is 0 Å². The van der Waals surface area contributed by atoms with Gasteiger partial charge in [0, 0.05) is 18.5 Å². The molecule has 1 aliphatic heterocycles. The lowest BCUT2D eigenvalue weighted by molar-refractivity contribution is 0.0767. The average Bonchev–Trinajstić information content (AvgIpc) is 2.48. The van der Waals surface area contributed by atoms with Crippen LogP contribution in [0.15, 0.2) is 30.9 Å². The van der Waals surface area contributed by atoms with E-state index in [0.717, 1.165) is 25.4 Å². The molecule has 0 saturated carbocycles. The molecule has 2 nitrogen and oxygen atoms in total. The van der Waals surface area contributed by atoms with E-state index in [0.29, 0.717) is 11.2 Å². The molecule has 0 unspecified atom stereocenters. The van der Waals surface area contributed by atoms with E-state index in [1.165, 1.54) is 43.4 Å². The summed E-state index contributed by atoms with van der Waals surface area (Å²) in [4.78, 5) is 2.54. The van der Waals surface area contributed by atoms with Crippen molar-refractivity contribution >= 4 is 0 Å². The molecule has 0 radical (unpaired) electrons. The van der Waals surface area contributed by atoms with Gasteiger partial charge in [0.2, 0.25) is 0 Å². The van der Waals surface area contributed by atoms with Crippen molar-refractivity contribution in [1.82, 2.24) is 4.90 Å². The van der Waals surface area contributed by atoms with Crippen molar-refractivity contribution in [3.8, 4) is 5.75 Å². The third-order valence-corrected chi connectivity index (χ3v) is 5.61. The second-order valence-corrected chi connectivity index (χ2v) is 6.78. The highest BCUT2D eigenvalue weighted by Gasteiger charge is 2.46. The van der Waals surface area contributed by atoms with Gasteiger partial charge in [0.05, 0.1) is 0 Å². The molecule has 0 aromatic heterocycles. The average molecular weight is 285 g/mol. The fourth-order valence-corrected chi connectivity index (χ4v) is 4.70. The Morgan fingerprint density at radius 3 is 3.10 bits per heavy atom. The minimum atomic E-state index is 0.290. The highest BCUT2D eigenvalue weighted by atomic mass is 16.3. The van der Waals surface area contributed by atoms with E-state index in [1.54, 1.807) is 0 Å². The largest absolute Gasteiger partial charge is 0.508 e. The lowest BCUT2D eigenvalue weighted by atomic mass is 9.58. The van der Waals surface area contributed by atoms with Crippen LogP contribution in [-0.4, -0.2) is 29.6 Å². The Hall–Kier alpha value is -1.28. The van der Waals surface area contributed by atoms with Crippen molar-refractivity contribution in [3.63, 3.8) is 0 Å². The summed E-state index contributed by atoms with van der Waals surface area (Å²) in [7, 11) is 0. The van der Waals surface area contributed by atoms with Crippen LogP contribution in [0.2, 0.25) is 0 Å². The van der Waals surface area contributed by atoms with Gasteiger partial charge < -0.3 is 5.11 Å². The van der Waals surface area contributed by atoms with Crippen molar-refractivity contribution in [2.45, 2.75) is 44.4 Å². The zero-order valence-corrected chi connectivity index (χ0v) is 13.1. The molecular weight excluding hydrogens is 258 g/mol. The van der Waals surface area contributed by atoms with Crippen LogP contribution in [0.5, 0.6) is 5.75 Å². The van der Waals surface area contributed by atoms with Crippen molar-refractivity contribution in [1.29, 1.82) is 0 Å². The highest BCUT2D eigenvalue weighted by molar-refractivity contribution is 5.43. The molecule has 0 spiro atoms. The first kappa shape index (κ1) is 14.6. The first-order valence-corrected chi connectivity index (χ1v) is 8.35. The quantitative estimate of drug-likeness (QED) is 0.849. The minimum Gasteiger partial charge on any atom is -0.508 e. The summed E-state index contributed by atoms with van der Waals surface area (Å²) >= 11 is 0. The second kappa shape index (κ2) is 5.84. The molecule has 114 valence electrons. The maximum absolute atomic E-state index is 9.97. The monoisotopic (exact) mass is 285 g/mol. The molecule has 1 aromatic carbocycles. The summed E-state index contributed by atoms with van der Waals surface area (Å²) in [6.45, 7) is 9.51. The topological polar surface area (TPSA) is 23.5 Å². The van der Waals surface area contributed by atoms with Crippen LogP contribution in [0.3, 0.4) is 0 Å². The molecule has 1 heterocycles. The number of hydrogen-bond donors (Lipinski definition) is 1. The molecule has 2 aliphatic rings. The number of rotatable bonds is 4. The predicted octanol–water partition coefficient (Wildman–Crippen LogP) is 3.88. The van der Waals surface area contributed by atoms with Crippen molar-refractivity contribution < 1.29 is 5.11 Å². The number of phenols is 1. The van der Waals surface area contributed by atoms with E-state index >= 15 is 0 Å². The van der Waals surface area contributed by atoms with Gasteiger partial charge in [-0.25, -0.2) is 0 Å². The van der Waals surface area contributed by atoms with E-state index in [9.17, 15) is 5.11 Å². The number of aryl methyl sites for hydroxylation is 1. The fourth-order valence-electron chi connectivity index (χ4n) is 4.70. The van der Waals surface area contributed by atoms with Crippen LogP contribution in [-0.2, 0) is 11.8 Å². The molecule has 1 aliphatic carbocycles. The molecule has 1 saturated heterocycles. The lowest BCUT2D eigenvalue weighted by Crippen LogP contribution is -2.52. The van der Waals surface area contributed by atoms with E-state index in [1.807, 2.05) is 12.1 Å². The molecule has 3 rings (SSSR count). The van der Waals surface area contributed by atoms with Gasteiger partial charge in [0.25, 0.3) is 0 Å². The number of hydrogen-bond acceptors (Lipinski definition) is 2. The highest BCUT2D eigenvalue weighted by Crippen LogP contribution is 2.50. The Bertz CT molecular complexity index is 524. The van der Waals surface area contributed by atoms with Gasteiger partial charge >= 0.3 is 0 Å². The number of piperidine rings is 1. The number of phenolic OH excluding ortho intramolecular Hbond substituents is 1. The first-order valence-electron chi connectivity index (χ1n) is 8.35. The van der Waals surface area contributed by atoms with E-state index in [2.05, 4.69) is 30.5 Å². The predicted molar refractivity (Wildman–Crippen MR) is 87.8 cm³/mol. The van der Waals surface area contributed by atoms with Gasteiger partial charge in [-0.05, 0) is 61.4 Å². The Morgan fingerprint density at radius 1 is 1.48 bits per heavy atom. The molecule has 0 amide bonds. The second-order valence-electron chi connectivity index (χ2n) is 6.78. The maximum Gasteiger partial charge on any atom is 0.115 e. The normalized spacial score (nSPS) is 28.7. The van der Waals surface area contributed by atoms with Crippen molar-refractivity contribution in [3.05, 3.63) is 42.0 Å². The summed E-state index contributed by atoms with van der Waals surface area (Å²) in [5.41, 5.74) is 3.20. The van der Waals surface area contributed by atoms with Gasteiger partial charge in [0.15, 0.2) is 0 Å². The first-order chi connectivity index (χ1) is 10.2. The van der Waals surface area contributed by atoms with Crippen LogP contribution in [0.25, 0.3) is 0 Å². The van der Waals surface area contributed by atoms with Gasteiger partial charge in [0.1, 0.15) is 5.75 Å². The number of fused-ring (bicyclic) bond motifs is 3. The van der Waals surface area contributed by atoms with Gasteiger partial charge in [-0.1, -0.05) is 25.5 Å². The molecule has 0 bridgehead atoms. The molecule has 1 fully saturated rings. The minimum absolute atomic E-state index is 0.290. The number of nitrogens with zero attached hydrogens (tertiary/aromatic N) is 1. The van der Waals surface area contributed by atoms with E-state index < -0.39 is 0 Å². The Kier molecular flexibility index (Phi) is 4.08. The molecule has 1 N–H and O–H groups in total. The lowest BCUT2D eigenvalue weighted by Gasteiger charge is -2.52. The molecule has 21 heavy (non-hydrogen) atoms. The third kappa shape index (κ3) is 2.50. The van der Waals surface area contributed by atoms with Crippen molar-refractivity contribution in [2.75, 3.05) is 19.6 Å². The molecule has 2 atom stereocenters. The van der Waals surface area contributed by atoms with E-state index in [-0.39, 0.29) is 0 Å². The molecule has 2 heteroatoms. The SMILES string of the molecule is C=CCN1CC[C@]2(CCC)c3cc(O)ccc3CC[C@@H]2C1. The summed E-state index contributed by atoms with van der Waals surface area (Å²) in [6.07, 6.45) is 8.15. The van der Waals surface area contributed by atoms with Crippen LogP contribution in [0.1, 0.15) is 43.7 Å². The van der Waals surface area contributed by atoms with Crippen LogP contribution in [0.4, 0.5) is 0 Å². The Morgan fingerprint density at radius 2 is 2.33 bits per heavy atom. The zero-order chi connectivity index (χ0) is 14.9. The van der Waals surface area contributed by atoms with Gasteiger partial charge in [-0.15, -0.1) is 6.58 Å². The Balaban J connectivity index is 1.98. The summed E-state index contributed by atoms with van der Waals surface area (Å²) in [6, 6.07) is 6.06. The van der Waals surface area contributed by atoms with Gasteiger partial charge in [-0.2, -0.15) is 0 Å². The van der Waals surface area contributed by atoms with E-state index in [4.69, 9.17) is 0 Å². The number of likely N-dealkylation sites (tertiary alicyclic amines) is 1. The van der Waals surface area contributed by atoms with Gasteiger partial charge in [-0.3, -0.25) is 4.90 Å². The summed E-state index contributed by atoms with van der Waals surface area (Å²) < 4.78 is 0. The zero-order valence-electron chi connectivity index (χ0n) is 13.1. The molecular formula is C19H27NO. The smallest absolute Gasteiger partial charge is 0.115 e. The van der Waals surface area contributed by atoms with Crippen molar-refractivity contribution in [2.24, 2.45) is 5.92 Å². The summed E-state index contributed by atoms with van der Waals surface area (Å²) in [5.74, 6) is 1.15. The Labute approximate surface area is 128 Å². The number of benzene rings is 1. The standard InChI is InChI=1S/C19H27NO/c1-3-9-19-10-12-20(11-4-2)14-16(19)7-5-15-6-8-17(21)13-18(15)19/h4,6,8,13,16,21H,2-3,5,7,9-12,14H2,1H3/t16-,19+/m1/s1. The number of aromatic hydroxyl groups is 1. The fraction of sp³-hybridized carbons (Fsp3) is 0.579. The summed E-state index contributed by atoms with van der Waals surface area (Å²) in [5, 5.41) is 9.97. The van der Waals surface area contributed by atoms with Crippen LogP contribution >= 0.6 is 0 Å².